The number of benzene rings is 1. The number of pyridine rings is 1. The van der Waals surface area contributed by atoms with E-state index < -0.39 is 4.92 Å². The monoisotopic (exact) mass is 364 g/mol. The summed E-state index contributed by atoms with van der Waals surface area (Å²) in [5.41, 5.74) is 2.41. The van der Waals surface area contributed by atoms with E-state index in [1.807, 2.05) is 28.8 Å². The first-order valence-electron chi connectivity index (χ1n) is 8.84. The Morgan fingerprint density at radius 2 is 2.00 bits per heavy atom. The van der Waals surface area contributed by atoms with Gasteiger partial charge in [-0.15, -0.1) is 0 Å². The van der Waals surface area contributed by atoms with Gasteiger partial charge in [-0.3, -0.25) is 14.9 Å². The van der Waals surface area contributed by atoms with E-state index in [2.05, 4.69) is 25.8 Å². The zero-order chi connectivity index (χ0) is 19.3. The van der Waals surface area contributed by atoms with E-state index in [1.54, 1.807) is 11.0 Å². The lowest BCUT2D eigenvalue weighted by atomic mass is 9.96. The third-order valence-corrected chi connectivity index (χ3v) is 4.84. The van der Waals surface area contributed by atoms with Crippen molar-refractivity contribution in [3.05, 3.63) is 69.8 Å². The van der Waals surface area contributed by atoms with Crippen LogP contribution in [-0.2, 0) is 11.8 Å². The summed E-state index contributed by atoms with van der Waals surface area (Å²) in [5.74, 6) is 0.577. The summed E-state index contributed by atoms with van der Waals surface area (Å²) < 4.78 is 1.94. The van der Waals surface area contributed by atoms with Crippen molar-refractivity contribution in [2.75, 3.05) is 11.4 Å². The second-order valence-corrected chi connectivity index (χ2v) is 7.77. The van der Waals surface area contributed by atoms with E-state index in [4.69, 9.17) is 0 Å². The van der Waals surface area contributed by atoms with E-state index in [0.717, 1.165) is 16.9 Å². The molecule has 0 bridgehead atoms. The quantitative estimate of drug-likeness (QED) is 0.512. The van der Waals surface area contributed by atoms with Gasteiger partial charge in [-0.05, 0) is 24.1 Å². The summed E-state index contributed by atoms with van der Waals surface area (Å²) in [7, 11) is 0. The van der Waals surface area contributed by atoms with Gasteiger partial charge in [0.1, 0.15) is 5.82 Å². The molecular weight excluding hydrogens is 344 g/mol. The molecular formula is C20H20N4O3. The lowest BCUT2D eigenvalue weighted by molar-refractivity contribution is -0.384. The van der Waals surface area contributed by atoms with E-state index >= 15 is 0 Å². The summed E-state index contributed by atoms with van der Waals surface area (Å²) in [5, 5.41) is 11.1. The van der Waals surface area contributed by atoms with Crippen LogP contribution in [-0.4, -0.2) is 26.8 Å². The van der Waals surface area contributed by atoms with Crippen molar-refractivity contribution in [2.24, 2.45) is 0 Å². The number of amides is 1. The predicted octanol–water partition coefficient (Wildman–Crippen LogP) is 3.74. The molecule has 7 heteroatoms. The van der Waals surface area contributed by atoms with Gasteiger partial charge in [-0.1, -0.05) is 32.9 Å². The highest BCUT2D eigenvalue weighted by atomic mass is 16.6. The number of imidazole rings is 1. The summed E-state index contributed by atoms with van der Waals surface area (Å²) in [6, 6.07) is 10.3. The minimum Gasteiger partial charge on any atom is -0.306 e. The summed E-state index contributed by atoms with van der Waals surface area (Å²) in [6.07, 6.45) is 2.58. The van der Waals surface area contributed by atoms with Gasteiger partial charge in [0.2, 0.25) is 0 Å². The molecule has 3 aromatic rings. The Kier molecular flexibility index (Phi) is 3.76. The summed E-state index contributed by atoms with van der Waals surface area (Å²) >= 11 is 0. The molecule has 1 aromatic carbocycles. The van der Waals surface area contributed by atoms with Crippen molar-refractivity contribution in [2.45, 2.75) is 32.6 Å². The predicted molar refractivity (Wildman–Crippen MR) is 102 cm³/mol. The number of nitro benzene ring substituents is 1. The Balaban J connectivity index is 1.82. The largest absolute Gasteiger partial charge is 0.306 e. The van der Waals surface area contributed by atoms with E-state index in [0.29, 0.717) is 24.3 Å². The van der Waals surface area contributed by atoms with Crippen molar-refractivity contribution >= 4 is 22.8 Å². The van der Waals surface area contributed by atoms with E-state index in [1.165, 1.54) is 12.1 Å². The fourth-order valence-electron chi connectivity index (χ4n) is 3.54. The minimum absolute atomic E-state index is 0.0153. The first-order valence-corrected chi connectivity index (χ1v) is 8.84. The Morgan fingerprint density at radius 3 is 2.70 bits per heavy atom. The maximum Gasteiger partial charge on any atom is 0.279 e. The molecule has 138 valence electrons. The third-order valence-electron chi connectivity index (χ3n) is 4.84. The maximum atomic E-state index is 13.3. The molecule has 0 unspecified atom stereocenters. The van der Waals surface area contributed by atoms with Crippen molar-refractivity contribution < 1.29 is 9.72 Å². The molecule has 1 amide bonds. The van der Waals surface area contributed by atoms with Crippen molar-refractivity contribution in [1.82, 2.24) is 9.38 Å². The van der Waals surface area contributed by atoms with Crippen molar-refractivity contribution in [1.29, 1.82) is 0 Å². The standard InChI is InChI=1S/C20H20N4O3/c1-20(2,3)19-21-17(15-6-4-5-10-23(15)19)18(25)22-11-9-13-7-8-14(24(26)27)12-16(13)22/h4-8,10,12H,9,11H2,1-3H3. The van der Waals surface area contributed by atoms with Crippen LogP contribution >= 0.6 is 0 Å². The molecule has 0 atom stereocenters. The fraction of sp³-hybridized carbons (Fsp3) is 0.300. The summed E-state index contributed by atoms with van der Waals surface area (Å²) in [6.45, 7) is 6.65. The normalized spacial score (nSPS) is 13.8. The van der Waals surface area contributed by atoms with Gasteiger partial charge in [0.05, 0.1) is 16.1 Å². The highest BCUT2D eigenvalue weighted by Crippen LogP contribution is 2.34. The number of carbonyl (C=O) groups excluding carboxylic acids is 1. The Hall–Kier alpha value is -3.22. The number of fused-ring (bicyclic) bond motifs is 2. The maximum absolute atomic E-state index is 13.3. The van der Waals surface area contributed by atoms with Gasteiger partial charge >= 0.3 is 0 Å². The Labute approximate surface area is 156 Å². The van der Waals surface area contributed by atoms with Gasteiger partial charge in [0, 0.05) is 30.3 Å². The molecule has 0 spiro atoms. The van der Waals surface area contributed by atoms with Gasteiger partial charge in [0.15, 0.2) is 5.69 Å². The first kappa shape index (κ1) is 17.2. The number of nitrogens with zero attached hydrogens (tertiary/aromatic N) is 4. The Morgan fingerprint density at radius 1 is 1.22 bits per heavy atom. The topological polar surface area (TPSA) is 80.8 Å². The average molecular weight is 364 g/mol. The molecule has 1 aliphatic heterocycles. The molecule has 2 aromatic heterocycles. The molecule has 0 N–H and O–H groups in total. The number of nitro groups is 1. The second kappa shape index (κ2) is 5.90. The van der Waals surface area contributed by atoms with Gasteiger partial charge in [-0.25, -0.2) is 4.98 Å². The number of anilines is 1. The van der Waals surface area contributed by atoms with Crippen molar-refractivity contribution in [3.63, 3.8) is 0 Å². The van der Waals surface area contributed by atoms with E-state index in [9.17, 15) is 14.9 Å². The number of hydrogen-bond acceptors (Lipinski definition) is 4. The van der Waals surface area contributed by atoms with Crippen molar-refractivity contribution in [3.8, 4) is 0 Å². The third kappa shape index (κ3) is 2.75. The van der Waals surface area contributed by atoms with Crippen LogP contribution in [0, 0.1) is 10.1 Å². The number of rotatable bonds is 2. The number of carbonyl (C=O) groups is 1. The molecule has 0 saturated carbocycles. The molecule has 0 saturated heterocycles. The minimum atomic E-state index is -0.440. The van der Waals surface area contributed by atoms with Crippen LogP contribution in [0.3, 0.4) is 0 Å². The smallest absolute Gasteiger partial charge is 0.279 e. The fourth-order valence-corrected chi connectivity index (χ4v) is 3.54. The zero-order valence-corrected chi connectivity index (χ0v) is 15.5. The van der Waals surface area contributed by atoms with Gasteiger partial charge < -0.3 is 9.30 Å². The van der Waals surface area contributed by atoms with E-state index in [-0.39, 0.29) is 17.0 Å². The molecule has 0 fully saturated rings. The molecule has 1 aliphatic rings. The van der Waals surface area contributed by atoms with Crippen LogP contribution in [0.4, 0.5) is 11.4 Å². The average Bonchev–Trinajstić information content (AvgIpc) is 3.22. The van der Waals surface area contributed by atoms with Crippen LogP contribution in [0.2, 0.25) is 0 Å². The first-order chi connectivity index (χ1) is 12.8. The molecule has 3 heterocycles. The number of aromatic nitrogens is 2. The van der Waals surface area contributed by atoms with Crippen LogP contribution in [0.1, 0.15) is 42.6 Å². The second-order valence-electron chi connectivity index (χ2n) is 7.77. The molecule has 27 heavy (non-hydrogen) atoms. The highest BCUT2D eigenvalue weighted by molar-refractivity contribution is 6.10. The summed E-state index contributed by atoms with van der Waals surface area (Å²) in [4.78, 5) is 30.3. The number of non-ortho nitro benzene ring substituents is 1. The SMILES string of the molecule is CC(C)(C)c1nc(C(=O)N2CCc3ccc([N+](=O)[O-])cc32)c2ccccn12. The molecule has 7 nitrogen and oxygen atoms in total. The zero-order valence-electron chi connectivity index (χ0n) is 15.5. The lowest BCUT2D eigenvalue weighted by Crippen LogP contribution is -2.29. The molecule has 0 radical (unpaired) electrons. The van der Waals surface area contributed by atoms with Gasteiger partial charge in [-0.2, -0.15) is 0 Å². The Bertz CT molecular complexity index is 1080. The highest BCUT2D eigenvalue weighted by Gasteiger charge is 2.32. The van der Waals surface area contributed by atoms with Crippen LogP contribution in [0.15, 0.2) is 42.6 Å². The van der Waals surface area contributed by atoms with Gasteiger partial charge in [0.25, 0.3) is 11.6 Å². The van der Waals surface area contributed by atoms with Crippen LogP contribution in [0.25, 0.3) is 5.52 Å². The molecule has 4 rings (SSSR count). The number of hydrogen-bond donors (Lipinski definition) is 0. The lowest BCUT2D eigenvalue weighted by Gasteiger charge is -2.17. The van der Waals surface area contributed by atoms with Crippen LogP contribution < -0.4 is 4.90 Å². The molecule has 0 aliphatic carbocycles. The van der Waals surface area contributed by atoms with Crippen LogP contribution in [0.5, 0.6) is 0 Å².